The number of hydrogen-bond donors (Lipinski definition) is 1. The van der Waals surface area contributed by atoms with Crippen molar-refractivity contribution in [3.05, 3.63) is 22.2 Å². The third kappa shape index (κ3) is 4.67. The Morgan fingerprint density at radius 3 is 2.50 bits per heavy atom. The van der Waals surface area contributed by atoms with Gasteiger partial charge in [0, 0.05) is 4.47 Å². The van der Waals surface area contributed by atoms with E-state index in [-0.39, 0.29) is 0 Å². The Morgan fingerprint density at radius 1 is 1.05 bits per heavy atom. The average Bonchev–Trinajstić information content (AvgIpc) is 2.46. The van der Waals surface area contributed by atoms with Crippen LogP contribution in [0.5, 0.6) is 11.5 Å². The standard InChI is InChI=1S/C16H24BrNO2/c1-2-18-8-6-4-3-5-7-13-11-15-16(12-14(13)17)20-10-9-19-15/h11-12,18H,2-10H2,1H3. The van der Waals surface area contributed by atoms with Crippen LogP contribution in [0.3, 0.4) is 0 Å². The van der Waals surface area contributed by atoms with E-state index in [9.17, 15) is 0 Å². The number of ether oxygens (including phenoxy) is 2. The fourth-order valence-corrected chi connectivity index (χ4v) is 2.91. The summed E-state index contributed by atoms with van der Waals surface area (Å²) in [5.41, 5.74) is 1.32. The van der Waals surface area contributed by atoms with Crippen molar-refractivity contribution >= 4 is 15.9 Å². The molecule has 0 aliphatic carbocycles. The summed E-state index contributed by atoms with van der Waals surface area (Å²) in [5.74, 6) is 1.75. The molecule has 3 nitrogen and oxygen atoms in total. The molecule has 0 spiro atoms. The molecule has 2 rings (SSSR count). The van der Waals surface area contributed by atoms with E-state index in [1.165, 1.54) is 31.2 Å². The lowest BCUT2D eigenvalue weighted by Gasteiger charge is -2.20. The van der Waals surface area contributed by atoms with Gasteiger partial charge in [-0.1, -0.05) is 35.7 Å². The molecule has 20 heavy (non-hydrogen) atoms. The number of halogens is 1. The first-order valence-corrected chi connectivity index (χ1v) is 8.39. The van der Waals surface area contributed by atoms with Gasteiger partial charge in [0.25, 0.3) is 0 Å². The highest BCUT2D eigenvalue weighted by molar-refractivity contribution is 9.10. The molecule has 0 aromatic heterocycles. The van der Waals surface area contributed by atoms with Crippen molar-refractivity contribution in [2.75, 3.05) is 26.3 Å². The van der Waals surface area contributed by atoms with E-state index in [0.717, 1.165) is 35.5 Å². The Hall–Kier alpha value is -0.740. The number of nitrogens with one attached hydrogen (secondary N) is 1. The van der Waals surface area contributed by atoms with Crippen LogP contribution in [0, 0.1) is 0 Å². The number of aryl methyl sites for hydroxylation is 1. The van der Waals surface area contributed by atoms with Gasteiger partial charge in [-0.2, -0.15) is 0 Å². The van der Waals surface area contributed by atoms with Crippen molar-refractivity contribution in [1.29, 1.82) is 0 Å². The number of benzene rings is 1. The lowest BCUT2D eigenvalue weighted by atomic mass is 10.1. The molecule has 1 aliphatic heterocycles. The molecule has 0 bridgehead atoms. The summed E-state index contributed by atoms with van der Waals surface area (Å²) in [7, 11) is 0. The van der Waals surface area contributed by atoms with Crippen LogP contribution in [0.25, 0.3) is 0 Å². The lowest BCUT2D eigenvalue weighted by molar-refractivity contribution is 0.171. The van der Waals surface area contributed by atoms with E-state index < -0.39 is 0 Å². The molecular formula is C16H24BrNO2. The Balaban J connectivity index is 1.75. The molecule has 0 fully saturated rings. The van der Waals surface area contributed by atoms with Crippen LogP contribution < -0.4 is 14.8 Å². The number of fused-ring (bicyclic) bond motifs is 1. The van der Waals surface area contributed by atoms with Crippen LogP contribution in [0.1, 0.15) is 38.2 Å². The Kier molecular flexibility index (Phi) is 6.67. The first-order chi connectivity index (χ1) is 9.81. The molecule has 0 radical (unpaired) electrons. The van der Waals surface area contributed by atoms with Crippen LogP contribution >= 0.6 is 15.9 Å². The zero-order chi connectivity index (χ0) is 14.2. The molecule has 1 heterocycles. The van der Waals surface area contributed by atoms with E-state index in [4.69, 9.17) is 9.47 Å². The highest BCUT2D eigenvalue weighted by Crippen LogP contribution is 2.36. The second kappa shape index (κ2) is 8.53. The molecule has 0 unspecified atom stereocenters. The van der Waals surface area contributed by atoms with Gasteiger partial charge in [-0.3, -0.25) is 0 Å². The zero-order valence-corrected chi connectivity index (χ0v) is 13.8. The minimum atomic E-state index is 0.643. The predicted molar refractivity (Wildman–Crippen MR) is 85.8 cm³/mol. The first-order valence-electron chi connectivity index (χ1n) is 7.60. The van der Waals surface area contributed by atoms with Crippen molar-refractivity contribution in [1.82, 2.24) is 5.32 Å². The topological polar surface area (TPSA) is 30.5 Å². The summed E-state index contributed by atoms with van der Waals surface area (Å²) >= 11 is 3.63. The van der Waals surface area contributed by atoms with E-state index in [2.05, 4.69) is 34.2 Å². The molecular weight excluding hydrogens is 318 g/mol. The van der Waals surface area contributed by atoms with Crippen LogP contribution in [0.15, 0.2) is 16.6 Å². The Bertz CT molecular complexity index is 423. The monoisotopic (exact) mass is 341 g/mol. The molecule has 112 valence electrons. The second-order valence-electron chi connectivity index (χ2n) is 5.11. The summed E-state index contributed by atoms with van der Waals surface area (Å²) < 4.78 is 12.3. The fraction of sp³-hybridized carbons (Fsp3) is 0.625. The molecule has 4 heteroatoms. The summed E-state index contributed by atoms with van der Waals surface area (Å²) in [6.07, 6.45) is 6.18. The third-order valence-electron chi connectivity index (χ3n) is 3.51. The minimum Gasteiger partial charge on any atom is -0.486 e. The largest absolute Gasteiger partial charge is 0.486 e. The Morgan fingerprint density at radius 2 is 1.75 bits per heavy atom. The molecule has 1 aromatic rings. The second-order valence-corrected chi connectivity index (χ2v) is 5.96. The normalized spacial score (nSPS) is 13.5. The maximum Gasteiger partial charge on any atom is 0.162 e. The molecule has 0 amide bonds. The highest BCUT2D eigenvalue weighted by Gasteiger charge is 2.14. The van der Waals surface area contributed by atoms with Crippen molar-refractivity contribution in [3.8, 4) is 11.5 Å². The minimum absolute atomic E-state index is 0.643. The molecule has 0 saturated carbocycles. The van der Waals surface area contributed by atoms with E-state index >= 15 is 0 Å². The molecule has 1 aromatic carbocycles. The van der Waals surface area contributed by atoms with Crippen LogP contribution in [0.2, 0.25) is 0 Å². The summed E-state index contributed by atoms with van der Waals surface area (Å²) in [6, 6.07) is 4.16. The fourth-order valence-electron chi connectivity index (χ4n) is 2.39. The predicted octanol–water partition coefficient (Wildman–Crippen LogP) is 3.93. The number of rotatable bonds is 8. The first kappa shape index (κ1) is 15.6. The highest BCUT2D eigenvalue weighted by atomic mass is 79.9. The van der Waals surface area contributed by atoms with Crippen molar-refractivity contribution < 1.29 is 9.47 Å². The average molecular weight is 342 g/mol. The third-order valence-corrected chi connectivity index (χ3v) is 4.25. The van der Waals surface area contributed by atoms with Crippen LogP contribution in [0.4, 0.5) is 0 Å². The Labute approximate surface area is 130 Å². The summed E-state index contributed by atoms with van der Waals surface area (Å²) in [5, 5.41) is 3.36. The molecule has 0 saturated heterocycles. The van der Waals surface area contributed by atoms with Gasteiger partial charge in [0.15, 0.2) is 11.5 Å². The number of unbranched alkanes of at least 4 members (excludes halogenated alkanes) is 3. The summed E-state index contributed by atoms with van der Waals surface area (Å²) in [4.78, 5) is 0. The zero-order valence-electron chi connectivity index (χ0n) is 12.2. The van der Waals surface area contributed by atoms with Gasteiger partial charge in [-0.15, -0.1) is 0 Å². The number of hydrogen-bond acceptors (Lipinski definition) is 3. The quantitative estimate of drug-likeness (QED) is 0.726. The van der Waals surface area contributed by atoms with Crippen molar-refractivity contribution in [2.45, 2.75) is 39.0 Å². The van der Waals surface area contributed by atoms with Crippen molar-refractivity contribution in [3.63, 3.8) is 0 Å². The van der Waals surface area contributed by atoms with Crippen LogP contribution in [-0.2, 0) is 6.42 Å². The van der Waals surface area contributed by atoms with E-state index in [1.54, 1.807) is 0 Å². The summed E-state index contributed by atoms with van der Waals surface area (Å²) in [6.45, 7) is 5.66. The van der Waals surface area contributed by atoms with E-state index in [0.29, 0.717) is 13.2 Å². The van der Waals surface area contributed by atoms with Gasteiger partial charge >= 0.3 is 0 Å². The van der Waals surface area contributed by atoms with Crippen molar-refractivity contribution in [2.24, 2.45) is 0 Å². The lowest BCUT2D eigenvalue weighted by Crippen LogP contribution is -2.15. The van der Waals surface area contributed by atoms with Gasteiger partial charge in [0.2, 0.25) is 0 Å². The van der Waals surface area contributed by atoms with Gasteiger partial charge in [0.05, 0.1) is 0 Å². The maximum absolute atomic E-state index is 5.64. The molecule has 1 N–H and O–H groups in total. The SMILES string of the molecule is CCNCCCCCCc1cc2c(cc1Br)OCCO2. The van der Waals surface area contributed by atoms with Gasteiger partial charge < -0.3 is 14.8 Å². The maximum atomic E-state index is 5.64. The molecule has 0 atom stereocenters. The van der Waals surface area contributed by atoms with Gasteiger partial charge in [0.1, 0.15) is 13.2 Å². The smallest absolute Gasteiger partial charge is 0.162 e. The molecule has 1 aliphatic rings. The van der Waals surface area contributed by atoms with Crippen LogP contribution in [-0.4, -0.2) is 26.3 Å². The van der Waals surface area contributed by atoms with Gasteiger partial charge in [-0.25, -0.2) is 0 Å². The van der Waals surface area contributed by atoms with E-state index in [1.807, 2.05) is 6.07 Å². The van der Waals surface area contributed by atoms with Gasteiger partial charge in [-0.05, 0) is 50.0 Å².